The van der Waals surface area contributed by atoms with Crippen molar-refractivity contribution >= 4 is 29.8 Å². The fourth-order valence-corrected chi connectivity index (χ4v) is 6.55. The van der Waals surface area contributed by atoms with E-state index in [0.29, 0.717) is 22.3 Å². The molecule has 48 heavy (non-hydrogen) atoms. The average molecular weight is 676 g/mol. The molecule has 3 heterocycles. The summed E-state index contributed by atoms with van der Waals surface area (Å²) < 4.78 is 58.3. The lowest BCUT2D eigenvalue weighted by Gasteiger charge is -2.48. The first-order chi connectivity index (χ1) is 23.0. The molecule has 0 spiro atoms. The van der Waals surface area contributed by atoms with Crippen molar-refractivity contribution in [3.8, 4) is 0 Å². The number of nitrogens with one attached hydrogen (secondary N) is 2. The van der Waals surface area contributed by atoms with Crippen LogP contribution in [-0.2, 0) is 51.3 Å². The molecular formula is C32H32F3N3O10. The van der Waals surface area contributed by atoms with Crippen LogP contribution in [0.2, 0.25) is 0 Å². The summed E-state index contributed by atoms with van der Waals surface area (Å²) in [5, 5.41) is 15.9. The van der Waals surface area contributed by atoms with Crippen LogP contribution in [0.3, 0.4) is 0 Å². The number of hydrogen-bond donors (Lipinski definition) is 3. The van der Waals surface area contributed by atoms with Gasteiger partial charge in [-0.1, -0.05) is 36.4 Å². The Morgan fingerprint density at radius 2 is 1.83 bits per heavy atom. The van der Waals surface area contributed by atoms with E-state index in [2.05, 4.69) is 15.4 Å². The van der Waals surface area contributed by atoms with Crippen molar-refractivity contribution in [2.24, 2.45) is 5.41 Å². The van der Waals surface area contributed by atoms with Crippen molar-refractivity contribution in [2.45, 2.75) is 56.1 Å². The molecule has 1 aliphatic carbocycles. The van der Waals surface area contributed by atoms with Gasteiger partial charge >= 0.3 is 18.1 Å². The molecule has 4 aliphatic rings. The summed E-state index contributed by atoms with van der Waals surface area (Å²) in [4.78, 5) is 58.1. The van der Waals surface area contributed by atoms with Crippen molar-refractivity contribution in [3.63, 3.8) is 0 Å². The Balaban J connectivity index is 1.18. The maximum Gasteiger partial charge on any atom is 0.422 e. The van der Waals surface area contributed by atoms with Crippen LogP contribution in [0.15, 0.2) is 54.6 Å². The Morgan fingerprint density at radius 3 is 2.58 bits per heavy atom. The predicted molar refractivity (Wildman–Crippen MR) is 156 cm³/mol. The number of esters is 2. The van der Waals surface area contributed by atoms with Gasteiger partial charge in [0.05, 0.1) is 13.2 Å². The van der Waals surface area contributed by atoms with Gasteiger partial charge in [-0.25, -0.2) is 4.79 Å². The second kappa shape index (κ2) is 13.6. The molecule has 2 aromatic carbocycles. The number of carbonyl (C=O) groups excluding carboxylic acids is 4. The number of hydroxylamine groups is 2. The Bertz CT molecular complexity index is 1590. The molecule has 3 N–H and O–H groups in total. The predicted octanol–water partition coefficient (Wildman–Crippen LogP) is 1.39. The molecule has 2 aromatic rings. The summed E-state index contributed by atoms with van der Waals surface area (Å²) in [5.74, 6) is -2.63. The number of halogens is 3. The maximum atomic E-state index is 14.2. The Hall–Kier alpha value is -4.35. The van der Waals surface area contributed by atoms with Crippen molar-refractivity contribution in [1.82, 2.24) is 15.7 Å². The number of aliphatic hydroxyl groups is 1. The van der Waals surface area contributed by atoms with E-state index < -0.39 is 66.5 Å². The molecule has 1 saturated carbocycles. The molecule has 2 amide bonds. The molecule has 3 aliphatic heterocycles. The van der Waals surface area contributed by atoms with Gasteiger partial charge in [0.25, 0.3) is 5.91 Å². The lowest BCUT2D eigenvalue weighted by Crippen LogP contribution is -2.69. The van der Waals surface area contributed by atoms with Crippen LogP contribution in [0.25, 0.3) is 6.08 Å². The average Bonchev–Trinajstić information content (AvgIpc) is 3.69. The number of aliphatic hydroxyl groups excluding tert-OH is 1. The zero-order valence-corrected chi connectivity index (χ0v) is 25.3. The second-order valence-electron chi connectivity index (χ2n) is 11.8. The molecule has 3 saturated heterocycles. The summed E-state index contributed by atoms with van der Waals surface area (Å²) in [6, 6.07) is 12.1. The van der Waals surface area contributed by atoms with Crippen LogP contribution < -0.4 is 10.6 Å². The number of alkyl halides is 3. The number of amides is 2. The summed E-state index contributed by atoms with van der Waals surface area (Å²) in [7, 11) is 0. The molecule has 256 valence electrons. The normalized spacial score (nSPS) is 27.8. The summed E-state index contributed by atoms with van der Waals surface area (Å²) in [5.41, 5.74) is 0.749. The largest absolute Gasteiger partial charge is 0.458 e. The zero-order chi connectivity index (χ0) is 34.1. The van der Waals surface area contributed by atoms with Gasteiger partial charge in [0.15, 0.2) is 12.6 Å². The first kappa shape index (κ1) is 33.5. The molecule has 13 nitrogen and oxygen atoms in total. The number of nitrogens with zero attached hydrogens (tertiary/aromatic N) is 1. The summed E-state index contributed by atoms with van der Waals surface area (Å²) in [6.45, 7) is -1.76. The Labute approximate surface area is 271 Å². The summed E-state index contributed by atoms with van der Waals surface area (Å²) >= 11 is 0. The Morgan fingerprint density at radius 1 is 1.06 bits per heavy atom. The number of fused-ring (bicyclic) bond motifs is 4. The quantitative estimate of drug-likeness (QED) is 0.233. The van der Waals surface area contributed by atoms with E-state index in [0.717, 1.165) is 6.08 Å². The maximum absolute atomic E-state index is 14.2. The lowest BCUT2D eigenvalue weighted by molar-refractivity contribution is -0.201. The van der Waals surface area contributed by atoms with E-state index >= 15 is 0 Å². The van der Waals surface area contributed by atoms with Gasteiger partial charge in [0.2, 0.25) is 5.91 Å². The second-order valence-corrected chi connectivity index (χ2v) is 11.8. The molecule has 0 aromatic heterocycles. The topological polar surface area (TPSA) is 162 Å². The highest BCUT2D eigenvalue weighted by atomic mass is 19.4. The van der Waals surface area contributed by atoms with E-state index in [1.54, 1.807) is 48.5 Å². The van der Waals surface area contributed by atoms with Crippen LogP contribution in [0.5, 0.6) is 0 Å². The third kappa shape index (κ3) is 6.79. The van der Waals surface area contributed by atoms with E-state index in [4.69, 9.17) is 24.2 Å². The minimum absolute atomic E-state index is 0.0467. The lowest BCUT2D eigenvalue weighted by atomic mass is 9.62. The molecular weight excluding hydrogens is 643 g/mol. The number of benzene rings is 2. The van der Waals surface area contributed by atoms with Crippen molar-refractivity contribution in [3.05, 3.63) is 76.9 Å². The van der Waals surface area contributed by atoms with Gasteiger partial charge in [-0.2, -0.15) is 18.2 Å². The number of ether oxygens (including phenoxy) is 4. The van der Waals surface area contributed by atoms with E-state index in [9.17, 15) is 32.3 Å². The highest BCUT2D eigenvalue weighted by Gasteiger charge is 2.74. The zero-order valence-electron chi connectivity index (χ0n) is 25.3. The third-order valence-corrected chi connectivity index (χ3v) is 8.64. The van der Waals surface area contributed by atoms with Gasteiger partial charge in [-0.3, -0.25) is 19.2 Å². The van der Waals surface area contributed by atoms with Crippen LogP contribution in [0, 0.1) is 5.41 Å². The highest BCUT2D eigenvalue weighted by molar-refractivity contribution is 5.95. The molecule has 0 radical (unpaired) electrons. The van der Waals surface area contributed by atoms with Crippen LogP contribution in [0.1, 0.15) is 33.5 Å². The van der Waals surface area contributed by atoms with Crippen LogP contribution in [0.4, 0.5) is 13.2 Å². The highest BCUT2D eigenvalue weighted by Crippen LogP contribution is 2.55. The van der Waals surface area contributed by atoms with Gasteiger partial charge in [0, 0.05) is 31.1 Å². The molecule has 16 heteroatoms. The smallest absolute Gasteiger partial charge is 0.422 e. The molecule has 2 bridgehead atoms. The van der Waals surface area contributed by atoms with Gasteiger partial charge in [0.1, 0.15) is 36.6 Å². The van der Waals surface area contributed by atoms with Crippen molar-refractivity contribution in [2.75, 3.05) is 26.6 Å². The monoisotopic (exact) mass is 675 g/mol. The van der Waals surface area contributed by atoms with Crippen molar-refractivity contribution in [1.29, 1.82) is 0 Å². The van der Waals surface area contributed by atoms with Crippen LogP contribution in [-0.4, -0.2) is 97.1 Å². The molecule has 6 atom stereocenters. The van der Waals surface area contributed by atoms with Crippen molar-refractivity contribution < 1.29 is 61.2 Å². The third-order valence-electron chi connectivity index (χ3n) is 8.64. The first-order valence-corrected chi connectivity index (χ1v) is 15.1. The van der Waals surface area contributed by atoms with E-state index in [1.165, 1.54) is 11.1 Å². The minimum atomic E-state index is -4.63. The fourth-order valence-electron chi connectivity index (χ4n) is 6.55. The number of rotatable bonds is 11. The molecule has 4 fully saturated rings. The SMILES string of the molecule is O=C(C=Cc1ccc(CN2OC3C4OCOC4C4CC3(C(=O)NCc3cccc(C(=O)NCCO)c3)C2C(=O)O4)cc1)OCC(F)(F)F. The van der Waals surface area contributed by atoms with Crippen LogP contribution >= 0.6 is 0 Å². The van der Waals surface area contributed by atoms with Gasteiger partial charge < -0.3 is 34.7 Å². The first-order valence-electron chi connectivity index (χ1n) is 15.1. The van der Waals surface area contributed by atoms with E-state index in [1.807, 2.05) is 0 Å². The van der Waals surface area contributed by atoms with Gasteiger partial charge in [-0.05, 0) is 34.9 Å². The number of carbonyl (C=O) groups is 4. The molecule has 6 unspecified atom stereocenters. The molecule has 6 rings (SSSR count). The fraction of sp³-hybridized carbons (Fsp3) is 0.438. The van der Waals surface area contributed by atoms with E-state index in [-0.39, 0.29) is 45.4 Å². The summed E-state index contributed by atoms with van der Waals surface area (Å²) in [6.07, 6.45) is -5.26. The Kier molecular flexibility index (Phi) is 9.53. The minimum Gasteiger partial charge on any atom is -0.458 e. The standard InChI is InChI=1S/C32H32F3N3O10/c33-32(34,35)16-44-23(40)9-8-18-4-6-19(7-5-18)15-38-26-29(42)47-22-13-31(26,27(48-38)25-24(22)45-17-46-25)30(43)37-14-20-2-1-3-21(12-20)28(41)36-10-11-39/h1-9,12,22,24-27,39H,10-11,13-17H2,(H,36,41)(H,37,43). The number of hydrogen-bond acceptors (Lipinski definition) is 11. The van der Waals surface area contributed by atoms with Gasteiger partial charge in [-0.15, -0.1) is 0 Å².